The van der Waals surface area contributed by atoms with Crippen LogP contribution in [0, 0.1) is 5.82 Å². The van der Waals surface area contributed by atoms with Crippen LogP contribution < -0.4 is 15.4 Å². The molecule has 2 amide bonds. The third-order valence-electron chi connectivity index (χ3n) is 4.14. The lowest BCUT2D eigenvalue weighted by Crippen LogP contribution is -2.30. The fourth-order valence-electron chi connectivity index (χ4n) is 2.58. The van der Waals surface area contributed by atoms with E-state index in [1.54, 1.807) is 48.5 Å². The average molecular weight is 392 g/mol. The Bertz CT molecular complexity index is 942. The van der Waals surface area contributed by atoms with E-state index in [1.165, 1.54) is 12.1 Å². The third kappa shape index (κ3) is 6.46. The maximum Gasteiger partial charge on any atom is 0.251 e. The van der Waals surface area contributed by atoms with Gasteiger partial charge in [0.1, 0.15) is 17.3 Å². The van der Waals surface area contributed by atoms with Gasteiger partial charge in [0.2, 0.25) is 5.91 Å². The van der Waals surface area contributed by atoms with Crippen molar-refractivity contribution in [2.45, 2.75) is 13.0 Å². The maximum absolute atomic E-state index is 12.9. The van der Waals surface area contributed by atoms with Crippen molar-refractivity contribution >= 4 is 11.8 Å². The number of hydrogen-bond acceptors (Lipinski definition) is 3. The van der Waals surface area contributed by atoms with Gasteiger partial charge in [-0.1, -0.05) is 30.3 Å². The van der Waals surface area contributed by atoms with E-state index in [0.717, 1.165) is 5.56 Å². The number of carbonyl (C=O) groups excluding carboxylic acids is 2. The van der Waals surface area contributed by atoms with Gasteiger partial charge in [-0.3, -0.25) is 9.59 Å². The molecule has 0 aliphatic rings. The van der Waals surface area contributed by atoms with E-state index in [4.69, 9.17) is 4.74 Å². The summed E-state index contributed by atoms with van der Waals surface area (Å²) in [7, 11) is 0. The van der Waals surface area contributed by atoms with Gasteiger partial charge < -0.3 is 15.4 Å². The molecule has 0 bridgehead atoms. The van der Waals surface area contributed by atoms with Crippen molar-refractivity contribution in [3.63, 3.8) is 0 Å². The zero-order valence-corrected chi connectivity index (χ0v) is 15.7. The van der Waals surface area contributed by atoms with Gasteiger partial charge in [0, 0.05) is 25.1 Å². The molecule has 0 atom stereocenters. The Morgan fingerprint density at radius 3 is 2.07 bits per heavy atom. The van der Waals surface area contributed by atoms with Gasteiger partial charge in [-0.05, 0) is 54.1 Å². The van der Waals surface area contributed by atoms with Crippen molar-refractivity contribution < 1.29 is 18.7 Å². The zero-order chi connectivity index (χ0) is 20.5. The predicted octanol–water partition coefficient (Wildman–Crippen LogP) is 4.05. The van der Waals surface area contributed by atoms with Gasteiger partial charge >= 0.3 is 0 Å². The predicted molar refractivity (Wildman–Crippen MR) is 108 cm³/mol. The topological polar surface area (TPSA) is 67.4 Å². The van der Waals surface area contributed by atoms with Gasteiger partial charge in [0.05, 0.1) is 0 Å². The van der Waals surface area contributed by atoms with Crippen molar-refractivity contribution in [1.29, 1.82) is 0 Å². The standard InChI is InChI=1S/C23H21FN2O3/c24-19-8-12-21(13-9-19)29-20-10-6-17(7-11-20)16-26-22(27)14-15-25-23(28)18-4-2-1-3-5-18/h1-13H,14-16H2,(H,25,28)(H,26,27). The molecule has 148 valence electrons. The molecule has 3 rings (SSSR count). The molecule has 0 aromatic heterocycles. The fourth-order valence-corrected chi connectivity index (χ4v) is 2.58. The number of rotatable bonds is 8. The molecule has 0 saturated heterocycles. The van der Waals surface area contributed by atoms with Gasteiger partial charge in [-0.2, -0.15) is 0 Å². The Labute approximate surface area is 168 Å². The monoisotopic (exact) mass is 392 g/mol. The summed E-state index contributed by atoms with van der Waals surface area (Å²) in [5.74, 6) is 0.503. The molecule has 0 aliphatic carbocycles. The molecule has 0 saturated carbocycles. The minimum absolute atomic E-state index is 0.148. The van der Waals surface area contributed by atoms with Crippen molar-refractivity contribution in [3.05, 3.63) is 95.8 Å². The molecular weight excluding hydrogens is 371 g/mol. The van der Waals surface area contributed by atoms with Crippen LogP contribution in [0.1, 0.15) is 22.3 Å². The number of ether oxygens (including phenoxy) is 1. The van der Waals surface area contributed by atoms with Crippen molar-refractivity contribution in [1.82, 2.24) is 10.6 Å². The largest absolute Gasteiger partial charge is 0.457 e. The molecule has 0 fully saturated rings. The molecule has 0 radical (unpaired) electrons. The lowest BCUT2D eigenvalue weighted by molar-refractivity contribution is -0.121. The molecule has 3 aromatic rings. The summed E-state index contributed by atoms with van der Waals surface area (Å²) in [5.41, 5.74) is 1.48. The summed E-state index contributed by atoms with van der Waals surface area (Å²) in [6, 6.07) is 21.9. The number of carbonyl (C=O) groups is 2. The van der Waals surface area contributed by atoms with Crippen LogP contribution in [0.2, 0.25) is 0 Å². The van der Waals surface area contributed by atoms with Crippen LogP contribution in [0.5, 0.6) is 11.5 Å². The minimum Gasteiger partial charge on any atom is -0.457 e. The van der Waals surface area contributed by atoms with E-state index in [9.17, 15) is 14.0 Å². The van der Waals surface area contributed by atoms with Crippen LogP contribution in [0.4, 0.5) is 4.39 Å². The highest BCUT2D eigenvalue weighted by Gasteiger charge is 2.06. The molecule has 3 aromatic carbocycles. The first-order chi connectivity index (χ1) is 14.1. The molecule has 0 aliphatic heterocycles. The Hall–Kier alpha value is -3.67. The molecule has 2 N–H and O–H groups in total. The van der Waals surface area contributed by atoms with Crippen LogP contribution >= 0.6 is 0 Å². The van der Waals surface area contributed by atoms with Gasteiger partial charge in [0.15, 0.2) is 0 Å². The van der Waals surface area contributed by atoms with E-state index in [1.807, 2.05) is 18.2 Å². The molecule has 29 heavy (non-hydrogen) atoms. The van der Waals surface area contributed by atoms with E-state index in [-0.39, 0.29) is 30.6 Å². The molecule has 0 spiro atoms. The second kappa shape index (κ2) is 10.0. The van der Waals surface area contributed by atoms with Crippen LogP contribution in [-0.4, -0.2) is 18.4 Å². The van der Waals surface area contributed by atoms with Crippen LogP contribution in [-0.2, 0) is 11.3 Å². The summed E-state index contributed by atoms with van der Waals surface area (Å²) in [4.78, 5) is 23.9. The summed E-state index contributed by atoms with van der Waals surface area (Å²) < 4.78 is 18.5. The summed E-state index contributed by atoms with van der Waals surface area (Å²) in [5, 5.41) is 5.54. The molecule has 0 unspecified atom stereocenters. The number of hydrogen-bond donors (Lipinski definition) is 2. The van der Waals surface area contributed by atoms with Crippen molar-refractivity contribution in [2.75, 3.05) is 6.54 Å². The molecule has 0 heterocycles. The highest BCUT2D eigenvalue weighted by atomic mass is 19.1. The van der Waals surface area contributed by atoms with Gasteiger partial charge in [0.25, 0.3) is 5.91 Å². The minimum atomic E-state index is -0.317. The Balaban J connectivity index is 1.38. The summed E-state index contributed by atoms with van der Waals surface area (Å²) in [6.07, 6.45) is 0.199. The van der Waals surface area contributed by atoms with Crippen LogP contribution in [0.3, 0.4) is 0 Å². The quantitative estimate of drug-likeness (QED) is 0.608. The van der Waals surface area contributed by atoms with Crippen molar-refractivity contribution in [3.8, 4) is 11.5 Å². The molecule has 6 heteroatoms. The zero-order valence-electron chi connectivity index (χ0n) is 15.7. The summed E-state index contributed by atoms with van der Waals surface area (Å²) >= 11 is 0. The van der Waals surface area contributed by atoms with E-state index in [2.05, 4.69) is 10.6 Å². The number of benzene rings is 3. The Kier molecular flexibility index (Phi) is 6.95. The Morgan fingerprint density at radius 2 is 1.41 bits per heavy atom. The van der Waals surface area contributed by atoms with E-state index < -0.39 is 0 Å². The number of nitrogens with one attached hydrogen (secondary N) is 2. The smallest absolute Gasteiger partial charge is 0.251 e. The summed E-state index contributed by atoms with van der Waals surface area (Å²) in [6.45, 7) is 0.645. The van der Waals surface area contributed by atoms with Crippen molar-refractivity contribution in [2.24, 2.45) is 0 Å². The Morgan fingerprint density at radius 1 is 0.793 bits per heavy atom. The lowest BCUT2D eigenvalue weighted by atomic mass is 10.2. The average Bonchev–Trinajstić information content (AvgIpc) is 2.75. The third-order valence-corrected chi connectivity index (χ3v) is 4.14. The van der Waals surface area contributed by atoms with Gasteiger partial charge in [-0.15, -0.1) is 0 Å². The highest BCUT2D eigenvalue weighted by molar-refractivity contribution is 5.94. The lowest BCUT2D eigenvalue weighted by Gasteiger charge is -2.09. The number of amides is 2. The van der Waals surface area contributed by atoms with Crippen LogP contribution in [0.25, 0.3) is 0 Å². The normalized spacial score (nSPS) is 10.2. The fraction of sp³-hybridized carbons (Fsp3) is 0.130. The maximum atomic E-state index is 12.9. The second-order valence-corrected chi connectivity index (χ2v) is 6.35. The van der Waals surface area contributed by atoms with Gasteiger partial charge in [-0.25, -0.2) is 4.39 Å². The molecule has 5 nitrogen and oxygen atoms in total. The second-order valence-electron chi connectivity index (χ2n) is 6.35. The molecular formula is C23H21FN2O3. The SMILES string of the molecule is O=C(CCNC(=O)c1ccccc1)NCc1ccc(Oc2ccc(F)cc2)cc1. The van der Waals surface area contributed by atoms with E-state index >= 15 is 0 Å². The highest BCUT2D eigenvalue weighted by Crippen LogP contribution is 2.21. The first-order valence-electron chi connectivity index (χ1n) is 9.22. The van der Waals surface area contributed by atoms with E-state index in [0.29, 0.717) is 23.6 Å². The van der Waals surface area contributed by atoms with Crippen LogP contribution in [0.15, 0.2) is 78.9 Å². The first-order valence-corrected chi connectivity index (χ1v) is 9.22. The number of halogens is 1. The first kappa shape index (κ1) is 20.1.